The van der Waals surface area contributed by atoms with E-state index in [0.717, 1.165) is 18.4 Å². The Hall–Kier alpha value is -1.81. The van der Waals surface area contributed by atoms with Crippen molar-refractivity contribution in [2.24, 2.45) is 5.92 Å². The Morgan fingerprint density at radius 3 is 2.62 bits per heavy atom. The Morgan fingerprint density at radius 2 is 2.00 bits per heavy atom. The number of amides is 1. The number of carboxylic acids is 1. The summed E-state index contributed by atoms with van der Waals surface area (Å²) in [5, 5.41) is 9.94. The van der Waals surface area contributed by atoms with E-state index in [1.807, 2.05) is 6.92 Å². The highest BCUT2D eigenvalue weighted by molar-refractivity contribution is 6.30. The number of benzene rings is 1. The van der Waals surface area contributed by atoms with Crippen molar-refractivity contribution in [3.63, 3.8) is 0 Å². The number of carbonyl (C=O) groups is 2. The van der Waals surface area contributed by atoms with Crippen LogP contribution in [-0.4, -0.2) is 34.5 Å². The highest BCUT2D eigenvalue weighted by Gasteiger charge is 2.36. The zero-order valence-electron chi connectivity index (χ0n) is 11.8. The van der Waals surface area contributed by atoms with E-state index < -0.39 is 12.0 Å². The first kappa shape index (κ1) is 15.6. The lowest BCUT2D eigenvalue weighted by atomic mass is 9.90. The summed E-state index contributed by atoms with van der Waals surface area (Å²) in [5.41, 5.74) is 0.852. The molecule has 1 heterocycles. The number of carboxylic acid groups (broad SMARTS) is 1. The van der Waals surface area contributed by atoms with E-state index in [1.54, 1.807) is 30.3 Å². The predicted molar refractivity (Wildman–Crippen MR) is 82.0 cm³/mol. The molecule has 1 aliphatic heterocycles. The summed E-state index contributed by atoms with van der Waals surface area (Å²) >= 11 is 5.80. The predicted octanol–water partition coefficient (Wildman–Crippen LogP) is 3.06. The molecule has 1 aromatic rings. The fourth-order valence-electron chi connectivity index (χ4n) is 2.65. The molecule has 1 amide bonds. The average Bonchev–Trinajstić information content (AvgIpc) is 2.45. The molecule has 112 valence electrons. The van der Waals surface area contributed by atoms with Crippen LogP contribution in [0.5, 0.6) is 0 Å². The van der Waals surface area contributed by atoms with Crippen molar-refractivity contribution in [2.45, 2.75) is 25.8 Å². The molecule has 0 bridgehead atoms. The first-order chi connectivity index (χ1) is 9.99. The molecule has 21 heavy (non-hydrogen) atoms. The number of hydrogen-bond donors (Lipinski definition) is 1. The van der Waals surface area contributed by atoms with Gasteiger partial charge in [-0.05, 0) is 42.5 Å². The molecule has 2 atom stereocenters. The maximum absolute atomic E-state index is 12.2. The molecule has 1 aromatic carbocycles. The Bertz CT molecular complexity index is 553. The van der Waals surface area contributed by atoms with E-state index in [0.29, 0.717) is 11.6 Å². The van der Waals surface area contributed by atoms with Gasteiger partial charge in [0.2, 0.25) is 5.91 Å². The van der Waals surface area contributed by atoms with Crippen molar-refractivity contribution in [1.82, 2.24) is 4.90 Å². The molecule has 0 spiro atoms. The summed E-state index contributed by atoms with van der Waals surface area (Å²) < 4.78 is 0. The van der Waals surface area contributed by atoms with E-state index in [4.69, 9.17) is 11.6 Å². The highest BCUT2D eigenvalue weighted by Crippen LogP contribution is 2.24. The smallest absolute Gasteiger partial charge is 0.326 e. The van der Waals surface area contributed by atoms with Gasteiger partial charge in [0.1, 0.15) is 6.04 Å². The van der Waals surface area contributed by atoms with Crippen LogP contribution in [0, 0.1) is 5.92 Å². The lowest BCUT2D eigenvalue weighted by Gasteiger charge is -2.36. The summed E-state index contributed by atoms with van der Waals surface area (Å²) in [6, 6.07) is 6.36. The summed E-state index contributed by atoms with van der Waals surface area (Å²) in [6.45, 7) is 2.37. The highest BCUT2D eigenvalue weighted by atomic mass is 35.5. The molecule has 1 saturated heterocycles. The Morgan fingerprint density at radius 1 is 1.33 bits per heavy atom. The number of nitrogens with zero attached hydrogens (tertiary/aromatic N) is 1. The molecule has 5 heteroatoms. The van der Waals surface area contributed by atoms with Crippen LogP contribution in [0.3, 0.4) is 0 Å². The summed E-state index contributed by atoms with van der Waals surface area (Å²) in [7, 11) is 0. The van der Waals surface area contributed by atoms with Crippen molar-refractivity contribution < 1.29 is 14.7 Å². The number of hydrogen-bond acceptors (Lipinski definition) is 2. The lowest BCUT2D eigenvalue weighted by Crippen LogP contribution is -2.51. The van der Waals surface area contributed by atoms with Crippen LogP contribution >= 0.6 is 11.6 Å². The topological polar surface area (TPSA) is 57.6 Å². The normalized spacial score (nSPS) is 22.5. The van der Waals surface area contributed by atoms with Gasteiger partial charge < -0.3 is 10.0 Å². The van der Waals surface area contributed by atoms with E-state index in [-0.39, 0.29) is 11.8 Å². The molecular formula is C16H18ClNO3. The third-order valence-corrected chi connectivity index (χ3v) is 4.01. The third kappa shape index (κ3) is 3.85. The molecule has 0 radical (unpaired) electrons. The first-order valence-corrected chi connectivity index (χ1v) is 7.34. The zero-order chi connectivity index (χ0) is 15.4. The van der Waals surface area contributed by atoms with E-state index in [1.165, 1.54) is 11.0 Å². The molecule has 0 aliphatic carbocycles. The number of halogens is 1. The monoisotopic (exact) mass is 307 g/mol. The van der Waals surface area contributed by atoms with Gasteiger partial charge in [-0.25, -0.2) is 4.79 Å². The van der Waals surface area contributed by atoms with E-state index >= 15 is 0 Å². The van der Waals surface area contributed by atoms with Crippen LogP contribution < -0.4 is 0 Å². The first-order valence-electron chi connectivity index (χ1n) is 6.96. The van der Waals surface area contributed by atoms with Gasteiger partial charge in [0.15, 0.2) is 0 Å². The van der Waals surface area contributed by atoms with Gasteiger partial charge in [-0.15, -0.1) is 0 Å². The summed E-state index contributed by atoms with van der Waals surface area (Å²) in [5.74, 6) is -1.22. The fraction of sp³-hybridized carbons (Fsp3) is 0.375. The standard InChI is InChI=1S/C16H18ClNO3/c1-11-3-2-10-18(15(11)16(20)21)14(19)9-6-12-4-7-13(17)8-5-12/h4-9,11,15H,2-3,10H2,1H3,(H,20,21)/b9-6+. The van der Waals surface area contributed by atoms with Crippen molar-refractivity contribution in [2.75, 3.05) is 6.54 Å². The largest absolute Gasteiger partial charge is 0.480 e. The quantitative estimate of drug-likeness (QED) is 0.873. The van der Waals surface area contributed by atoms with Gasteiger partial charge in [0.05, 0.1) is 0 Å². The molecule has 1 aliphatic rings. The van der Waals surface area contributed by atoms with Crippen LogP contribution in [0.25, 0.3) is 6.08 Å². The second kappa shape index (κ2) is 6.76. The van der Waals surface area contributed by atoms with Crippen LogP contribution in [-0.2, 0) is 9.59 Å². The number of likely N-dealkylation sites (tertiary alicyclic amines) is 1. The second-order valence-corrected chi connectivity index (χ2v) is 5.76. The fourth-order valence-corrected chi connectivity index (χ4v) is 2.77. The molecule has 0 aromatic heterocycles. The van der Waals surface area contributed by atoms with Crippen molar-refractivity contribution >= 4 is 29.6 Å². The Balaban J connectivity index is 2.10. The summed E-state index contributed by atoms with van der Waals surface area (Å²) in [4.78, 5) is 25.1. The van der Waals surface area contributed by atoms with Gasteiger partial charge in [-0.2, -0.15) is 0 Å². The zero-order valence-corrected chi connectivity index (χ0v) is 12.6. The van der Waals surface area contributed by atoms with Crippen LogP contribution in [0.2, 0.25) is 5.02 Å². The third-order valence-electron chi connectivity index (χ3n) is 3.76. The summed E-state index contributed by atoms with van der Waals surface area (Å²) in [6.07, 6.45) is 4.78. The number of rotatable bonds is 3. The Kier molecular flexibility index (Phi) is 5.02. The van der Waals surface area contributed by atoms with E-state index in [9.17, 15) is 14.7 Å². The number of aliphatic carboxylic acids is 1. The molecule has 2 unspecified atom stereocenters. The second-order valence-electron chi connectivity index (χ2n) is 5.32. The Labute approximate surface area is 129 Å². The molecule has 0 saturated carbocycles. The van der Waals surface area contributed by atoms with Gasteiger partial charge in [0.25, 0.3) is 0 Å². The van der Waals surface area contributed by atoms with Crippen molar-refractivity contribution in [3.8, 4) is 0 Å². The van der Waals surface area contributed by atoms with Gasteiger partial charge in [0, 0.05) is 17.6 Å². The van der Waals surface area contributed by atoms with Crippen molar-refractivity contribution in [1.29, 1.82) is 0 Å². The minimum Gasteiger partial charge on any atom is -0.480 e. The van der Waals surface area contributed by atoms with Gasteiger partial charge >= 0.3 is 5.97 Å². The van der Waals surface area contributed by atoms with Crippen LogP contribution in [0.15, 0.2) is 30.3 Å². The molecule has 2 rings (SSSR count). The van der Waals surface area contributed by atoms with Gasteiger partial charge in [-0.1, -0.05) is 30.7 Å². The van der Waals surface area contributed by atoms with Crippen LogP contribution in [0.1, 0.15) is 25.3 Å². The maximum atomic E-state index is 12.2. The molecular weight excluding hydrogens is 290 g/mol. The lowest BCUT2D eigenvalue weighted by molar-refractivity contribution is -0.152. The van der Waals surface area contributed by atoms with Crippen LogP contribution in [0.4, 0.5) is 0 Å². The minimum absolute atomic E-state index is 0.0240. The van der Waals surface area contributed by atoms with Gasteiger partial charge in [-0.3, -0.25) is 4.79 Å². The molecule has 1 N–H and O–H groups in total. The number of carbonyl (C=O) groups excluding carboxylic acids is 1. The average molecular weight is 308 g/mol. The number of piperidine rings is 1. The molecule has 4 nitrogen and oxygen atoms in total. The molecule has 1 fully saturated rings. The van der Waals surface area contributed by atoms with E-state index in [2.05, 4.69) is 0 Å². The minimum atomic E-state index is -0.935. The maximum Gasteiger partial charge on any atom is 0.326 e. The SMILES string of the molecule is CC1CCCN(C(=O)/C=C/c2ccc(Cl)cc2)C1C(=O)O. The van der Waals surface area contributed by atoms with Crippen molar-refractivity contribution in [3.05, 3.63) is 40.9 Å².